The molecule has 2 aliphatic rings. The van der Waals surface area contributed by atoms with E-state index < -0.39 is 5.97 Å². The van der Waals surface area contributed by atoms with Crippen LogP contribution in [0, 0.1) is 0 Å². The van der Waals surface area contributed by atoms with Gasteiger partial charge in [0.05, 0.1) is 7.11 Å². The van der Waals surface area contributed by atoms with E-state index in [4.69, 9.17) is 9.84 Å². The van der Waals surface area contributed by atoms with Gasteiger partial charge in [-0.05, 0) is 43.0 Å². The monoisotopic (exact) mass is 398 g/mol. The number of amides is 2. The van der Waals surface area contributed by atoms with E-state index in [1.165, 1.54) is 6.33 Å². The third-order valence-electron chi connectivity index (χ3n) is 5.38. The van der Waals surface area contributed by atoms with Crippen LogP contribution in [0.2, 0.25) is 0 Å². The molecule has 10 heteroatoms. The summed E-state index contributed by atoms with van der Waals surface area (Å²) in [4.78, 5) is 39.4. The minimum atomic E-state index is -1.18. The summed E-state index contributed by atoms with van der Waals surface area (Å²) in [6.07, 6.45) is 3.47. The number of rotatable bonds is 4. The summed E-state index contributed by atoms with van der Waals surface area (Å²) in [5.74, 6) is -0.313. The quantitative estimate of drug-likeness (QED) is 0.797. The van der Waals surface area contributed by atoms with Gasteiger partial charge in [0, 0.05) is 31.4 Å². The molecule has 2 N–H and O–H groups in total. The van der Waals surface area contributed by atoms with Crippen molar-refractivity contribution in [3.63, 3.8) is 0 Å². The lowest BCUT2D eigenvalue weighted by molar-refractivity contribution is 0.0683. The first-order valence-corrected chi connectivity index (χ1v) is 9.47. The molecular formula is C19H22N6O4. The second-order valence-electron chi connectivity index (χ2n) is 7.03. The first kappa shape index (κ1) is 18.9. The number of anilines is 2. The van der Waals surface area contributed by atoms with Gasteiger partial charge in [-0.2, -0.15) is 4.98 Å². The average molecular weight is 398 g/mol. The van der Waals surface area contributed by atoms with Crippen molar-refractivity contribution in [2.45, 2.75) is 25.3 Å². The van der Waals surface area contributed by atoms with Crippen molar-refractivity contribution < 1.29 is 19.4 Å². The van der Waals surface area contributed by atoms with E-state index in [0.29, 0.717) is 25.6 Å². The van der Waals surface area contributed by atoms with E-state index >= 15 is 0 Å². The van der Waals surface area contributed by atoms with Gasteiger partial charge < -0.3 is 25.0 Å². The largest absolute Gasteiger partial charge is 0.497 e. The maximum absolute atomic E-state index is 12.8. The molecule has 1 saturated heterocycles. The van der Waals surface area contributed by atoms with Gasteiger partial charge in [0.2, 0.25) is 11.8 Å². The number of ether oxygens (including phenoxy) is 1. The zero-order valence-corrected chi connectivity index (χ0v) is 16.0. The summed E-state index contributed by atoms with van der Waals surface area (Å²) in [5, 5.41) is 12.1. The van der Waals surface area contributed by atoms with Gasteiger partial charge in [0.15, 0.2) is 0 Å². The van der Waals surface area contributed by atoms with E-state index in [9.17, 15) is 9.59 Å². The molecule has 2 amide bonds. The number of urea groups is 1. The number of nitrogens with zero attached hydrogens (tertiary/aromatic N) is 5. The molecule has 0 spiro atoms. The molecule has 4 rings (SSSR count). The van der Waals surface area contributed by atoms with Crippen LogP contribution in [-0.4, -0.2) is 69.7 Å². The molecule has 10 nitrogen and oxygen atoms in total. The van der Waals surface area contributed by atoms with Gasteiger partial charge in [-0.3, -0.25) is 0 Å². The molecule has 1 aromatic heterocycles. The van der Waals surface area contributed by atoms with Gasteiger partial charge in [0.25, 0.3) is 0 Å². The summed E-state index contributed by atoms with van der Waals surface area (Å²) in [6.45, 7) is 1.90. The first-order chi connectivity index (χ1) is 14.0. The Kier molecular flexibility index (Phi) is 5.15. The van der Waals surface area contributed by atoms with Crippen molar-refractivity contribution in [1.29, 1.82) is 0 Å². The zero-order valence-electron chi connectivity index (χ0n) is 16.0. The standard InChI is InChI=1S/C19H22N6O4/c1-29-14-2-3-15-12(10-14)4-9-25(19(28)22-15)13-5-7-24(8-6-13)18-21-11-20-16(23-18)17(26)27/h2-3,10-11,13H,4-9H2,1H3,(H,22,28)(H,26,27). The molecule has 2 aromatic rings. The average Bonchev–Trinajstić information content (AvgIpc) is 2.91. The number of fused-ring (bicyclic) bond motifs is 1. The lowest BCUT2D eigenvalue weighted by Gasteiger charge is -2.37. The molecule has 0 unspecified atom stereocenters. The Labute approximate surface area is 167 Å². The number of piperidine rings is 1. The molecule has 1 aromatic carbocycles. The minimum Gasteiger partial charge on any atom is -0.497 e. The van der Waals surface area contributed by atoms with Crippen LogP contribution in [0.5, 0.6) is 5.75 Å². The van der Waals surface area contributed by atoms with Crippen molar-refractivity contribution in [3.05, 3.63) is 35.9 Å². The van der Waals surface area contributed by atoms with Crippen molar-refractivity contribution in [2.75, 3.05) is 37.0 Å². The van der Waals surface area contributed by atoms with Crippen LogP contribution >= 0.6 is 0 Å². The van der Waals surface area contributed by atoms with E-state index in [1.54, 1.807) is 7.11 Å². The lowest BCUT2D eigenvalue weighted by atomic mass is 10.0. The Hall–Kier alpha value is -3.43. The van der Waals surface area contributed by atoms with Crippen molar-refractivity contribution in [3.8, 4) is 5.75 Å². The Balaban J connectivity index is 1.41. The topological polar surface area (TPSA) is 121 Å². The maximum Gasteiger partial charge on any atom is 0.374 e. The van der Waals surface area contributed by atoms with Crippen molar-refractivity contribution >= 4 is 23.6 Å². The van der Waals surface area contributed by atoms with Crippen LogP contribution in [0.4, 0.5) is 16.4 Å². The maximum atomic E-state index is 12.8. The predicted molar refractivity (Wildman–Crippen MR) is 104 cm³/mol. The number of carbonyl (C=O) groups is 2. The van der Waals surface area contributed by atoms with Gasteiger partial charge >= 0.3 is 12.0 Å². The van der Waals surface area contributed by atoms with Crippen molar-refractivity contribution in [2.24, 2.45) is 0 Å². The molecular weight excluding hydrogens is 376 g/mol. The number of hydrogen-bond donors (Lipinski definition) is 2. The second-order valence-corrected chi connectivity index (χ2v) is 7.03. The molecule has 2 aliphatic heterocycles. The minimum absolute atomic E-state index is 0.0966. The summed E-state index contributed by atoms with van der Waals surface area (Å²) < 4.78 is 5.28. The molecule has 152 valence electrons. The molecule has 0 atom stereocenters. The summed E-state index contributed by atoms with van der Waals surface area (Å²) >= 11 is 0. The van der Waals surface area contributed by atoms with Crippen LogP contribution in [0.3, 0.4) is 0 Å². The SMILES string of the molecule is COc1ccc2c(c1)CCN(C1CCN(c3ncnc(C(=O)O)n3)CC1)C(=O)N2. The van der Waals surface area contributed by atoms with Crippen molar-refractivity contribution in [1.82, 2.24) is 19.9 Å². The fourth-order valence-corrected chi connectivity index (χ4v) is 3.82. The highest BCUT2D eigenvalue weighted by molar-refractivity contribution is 5.91. The van der Waals surface area contributed by atoms with Gasteiger partial charge in [-0.15, -0.1) is 0 Å². The second kappa shape index (κ2) is 7.90. The third kappa shape index (κ3) is 3.91. The number of methoxy groups -OCH3 is 1. The number of benzene rings is 1. The van der Waals surface area contributed by atoms with Gasteiger partial charge in [-0.1, -0.05) is 0 Å². The molecule has 0 bridgehead atoms. The molecule has 0 aliphatic carbocycles. The van der Waals surface area contributed by atoms with Gasteiger partial charge in [0.1, 0.15) is 12.1 Å². The Morgan fingerprint density at radius 3 is 2.76 bits per heavy atom. The molecule has 1 fully saturated rings. The Bertz CT molecular complexity index is 929. The van der Waals surface area contributed by atoms with E-state index in [-0.39, 0.29) is 17.9 Å². The molecule has 0 saturated carbocycles. The number of carboxylic acids is 1. The van der Waals surface area contributed by atoms with Crippen LogP contribution in [0.1, 0.15) is 29.0 Å². The van der Waals surface area contributed by atoms with Gasteiger partial charge in [-0.25, -0.2) is 19.6 Å². The Morgan fingerprint density at radius 2 is 2.03 bits per heavy atom. The molecule has 0 radical (unpaired) electrons. The highest BCUT2D eigenvalue weighted by Crippen LogP contribution is 2.28. The number of nitrogens with one attached hydrogen (secondary N) is 1. The van der Waals surface area contributed by atoms with E-state index in [0.717, 1.165) is 36.3 Å². The summed E-state index contributed by atoms with van der Waals surface area (Å²) in [5.41, 5.74) is 1.88. The zero-order chi connectivity index (χ0) is 20.4. The number of carbonyl (C=O) groups excluding carboxylic acids is 1. The lowest BCUT2D eigenvalue weighted by Crippen LogP contribution is -2.49. The number of aromatic carboxylic acids is 1. The fraction of sp³-hybridized carbons (Fsp3) is 0.421. The smallest absolute Gasteiger partial charge is 0.374 e. The van der Waals surface area contributed by atoms with Crippen LogP contribution < -0.4 is 15.0 Å². The highest BCUT2D eigenvalue weighted by atomic mass is 16.5. The molecule has 29 heavy (non-hydrogen) atoms. The fourth-order valence-electron chi connectivity index (χ4n) is 3.82. The number of carboxylic acid groups (broad SMARTS) is 1. The predicted octanol–water partition coefficient (Wildman–Crippen LogP) is 1.64. The van der Waals surface area contributed by atoms with Crippen LogP contribution in [0.25, 0.3) is 0 Å². The first-order valence-electron chi connectivity index (χ1n) is 9.47. The van der Waals surface area contributed by atoms with Crippen LogP contribution in [-0.2, 0) is 6.42 Å². The normalized spacial score (nSPS) is 17.3. The highest BCUT2D eigenvalue weighted by Gasteiger charge is 2.31. The van der Waals surface area contributed by atoms with E-state index in [2.05, 4.69) is 20.3 Å². The van der Waals surface area contributed by atoms with E-state index in [1.807, 2.05) is 28.0 Å². The summed E-state index contributed by atoms with van der Waals surface area (Å²) in [7, 11) is 1.63. The third-order valence-corrected chi connectivity index (χ3v) is 5.38. The summed E-state index contributed by atoms with van der Waals surface area (Å²) in [6, 6.07) is 5.68. The molecule has 3 heterocycles. The Morgan fingerprint density at radius 1 is 1.24 bits per heavy atom. The van der Waals surface area contributed by atoms with Crippen LogP contribution in [0.15, 0.2) is 24.5 Å². The number of hydrogen-bond acceptors (Lipinski definition) is 7. The number of aromatic nitrogens is 3.